The number of hydrogen-bond acceptors (Lipinski definition) is 2. The minimum absolute atomic E-state index is 0.388. The van der Waals surface area contributed by atoms with E-state index < -0.39 is 0 Å². The molecule has 2 nitrogen and oxygen atoms in total. The topological polar surface area (TPSA) is 18.5 Å². The van der Waals surface area contributed by atoms with Crippen LogP contribution in [0, 0.1) is 11.8 Å². The molecule has 2 heterocycles. The Morgan fingerprint density at radius 1 is 0.636 bits per heavy atom. The van der Waals surface area contributed by atoms with Crippen LogP contribution in [0.3, 0.4) is 0 Å². The van der Waals surface area contributed by atoms with Crippen LogP contribution in [-0.4, -0.2) is 24.4 Å². The zero-order valence-electron chi connectivity index (χ0n) is 16.0. The maximum Gasteiger partial charge on any atom is 0.0688 e. The molecule has 0 radical (unpaired) electrons. The fourth-order valence-electron chi connectivity index (χ4n) is 4.57. The van der Waals surface area contributed by atoms with Gasteiger partial charge in [-0.2, -0.15) is 0 Å². The maximum atomic E-state index is 5.65. The second-order valence-electron chi connectivity index (χ2n) is 7.30. The SMILES string of the molecule is CC.CC.CC1CC2(CCCO2)C1.CC1CC2(CCCO2)C1. The van der Waals surface area contributed by atoms with Crippen LogP contribution in [0.2, 0.25) is 0 Å². The highest BCUT2D eigenvalue weighted by Gasteiger charge is 2.45. The second kappa shape index (κ2) is 9.27. The summed E-state index contributed by atoms with van der Waals surface area (Å²) in [5.41, 5.74) is 0.777. The first-order valence-corrected chi connectivity index (χ1v) is 9.89. The summed E-state index contributed by atoms with van der Waals surface area (Å²) in [4.78, 5) is 0. The van der Waals surface area contributed by atoms with Gasteiger partial charge in [0.15, 0.2) is 0 Å². The van der Waals surface area contributed by atoms with Gasteiger partial charge in [0.05, 0.1) is 11.2 Å². The minimum atomic E-state index is 0.388. The molecule has 132 valence electrons. The lowest BCUT2D eigenvalue weighted by Gasteiger charge is -2.42. The molecule has 4 fully saturated rings. The molecular weight excluding hydrogens is 272 g/mol. The summed E-state index contributed by atoms with van der Waals surface area (Å²) >= 11 is 0. The normalized spacial score (nSPS) is 41.2. The molecule has 2 saturated heterocycles. The van der Waals surface area contributed by atoms with Crippen LogP contribution in [0.5, 0.6) is 0 Å². The van der Waals surface area contributed by atoms with Gasteiger partial charge in [-0.1, -0.05) is 41.5 Å². The van der Waals surface area contributed by atoms with Crippen molar-refractivity contribution in [1.82, 2.24) is 0 Å². The minimum Gasteiger partial charge on any atom is -0.375 e. The van der Waals surface area contributed by atoms with E-state index in [0.29, 0.717) is 11.2 Å². The van der Waals surface area contributed by atoms with Crippen molar-refractivity contribution in [2.75, 3.05) is 13.2 Å². The second-order valence-corrected chi connectivity index (χ2v) is 7.30. The molecule has 0 aromatic heterocycles. The van der Waals surface area contributed by atoms with Crippen molar-refractivity contribution in [2.45, 2.75) is 104 Å². The van der Waals surface area contributed by atoms with Crippen LogP contribution in [0.4, 0.5) is 0 Å². The molecule has 0 unspecified atom stereocenters. The van der Waals surface area contributed by atoms with Crippen molar-refractivity contribution in [3.8, 4) is 0 Å². The van der Waals surface area contributed by atoms with E-state index in [1.54, 1.807) is 0 Å². The summed E-state index contributed by atoms with van der Waals surface area (Å²) in [5.74, 6) is 1.87. The molecule has 2 aliphatic carbocycles. The summed E-state index contributed by atoms with van der Waals surface area (Å²) in [6.45, 7) is 14.7. The van der Waals surface area contributed by atoms with Gasteiger partial charge in [0.25, 0.3) is 0 Å². The van der Waals surface area contributed by atoms with E-state index in [1.807, 2.05) is 27.7 Å². The van der Waals surface area contributed by atoms with Crippen molar-refractivity contribution in [2.24, 2.45) is 11.8 Å². The van der Waals surface area contributed by atoms with Gasteiger partial charge in [-0.25, -0.2) is 0 Å². The summed E-state index contributed by atoms with van der Waals surface area (Å²) in [5, 5.41) is 0. The molecule has 22 heavy (non-hydrogen) atoms. The third-order valence-electron chi connectivity index (χ3n) is 5.25. The average Bonchev–Trinajstić information content (AvgIpc) is 3.13. The summed E-state index contributed by atoms with van der Waals surface area (Å²) in [7, 11) is 0. The fourth-order valence-corrected chi connectivity index (χ4v) is 4.57. The van der Waals surface area contributed by atoms with E-state index in [9.17, 15) is 0 Å². The quantitative estimate of drug-likeness (QED) is 0.547. The number of hydrogen-bond donors (Lipinski definition) is 0. The molecule has 0 aromatic carbocycles. The summed E-state index contributed by atoms with van der Waals surface area (Å²) in [6, 6.07) is 0. The predicted molar refractivity (Wildman–Crippen MR) is 95.3 cm³/mol. The zero-order valence-corrected chi connectivity index (χ0v) is 16.0. The van der Waals surface area contributed by atoms with E-state index in [4.69, 9.17) is 9.47 Å². The number of rotatable bonds is 0. The van der Waals surface area contributed by atoms with Crippen LogP contribution in [-0.2, 0) is 9.47 Å². The third-order valence-corrected chi connectivity index (χ3v) is 5.25. The van der Waals surface area contributed by atoms with Gasteiger partial charge in [0, 0.05) is 13.2 Å². The van der Waals surface area contributed by atoms with Crippen molar-refractivity contribution in [3.05, 3.63) is 0 Å². The first-order chi connectivity index (χ1) is 10.6. The smallest absolute Gasteiger partial charge is 0.0688 e. The monoisotopic (exact) mass is 312 g/mol. The van der Waals surface area contributed by atoms with Gasteiger partial charge < -0.3 is 9.47 Å². The highest BCUT2D eigenvalue weighted by molar-refractivity contribution is 4.97. The van der Waals surface area contributed by atoms with Crippen LogP contribution in [0.15, 0.2) is 0 Å². The van der Waals surface area contributed by atoms with Gasteiger partial charge in [-0.05, 0) is 63.2 Å². The van der Waals surface area contributed by atoms with Crippen LogP contribution in [0.1, 0.15) is 92.9 Å². The Labute approximate surface area is 139 Å². The highest BCUT2D eigenvalue weighted by Crippen LogP contribution is 2.47. The maximum absolute atomic E-state index is 5.65. The summed E-state index contributed by atoms with van der Waals surface area (Å²) < 4.78 is 11.3. The lowest BCUT2D eigenvalue weighted by Crippen LogP contribution is -2.41. The molecule has 0 amide bonds. The van der Waals surface area contributed by atoms with Gasteiger partial charge in [0.1, 0.15) is 0 Å². The molecular formula is C20H40O2. The van der Waals surface area contributed by atoms with Crippen molar-refractivity contribution in [3.63, 3.8) is 0 Å². The van der Waals surface area contributed by atoms with Crippen LogP contribution in [0.25, 0.3) is 0 Å². The van der Waals surface area contributed by atoms with Crippen molar-refractivity contribution >= 4 is 0 Å². The Morgan fingerprint density at radius 3 is 1.14 bits per heavy atom. The molecule has 0 N–H and O–H groups in total. The molecule has 2 spiro atoms. The first-order valence-electron chi connectivity index (χ1n) is 9.89. The molecule has 4 aliphatic rings. The summed E-state index contributed by atoms with van der Waals surface area (Å²) in [6.07, 6.45) is 10.6. The van der Waals surface area contributed by atoms with Gasteiger partial charge in [-0.15, -0.1) is 0 Å². The van der Waals surface area contributed by atoms with E-state index in [0.717, 1.165) is 25.0 Å². The predicted octanol–water partition coefficient (Wildman–Crippen LogP) is 5.98. The van der Waals surface area contributed by atoms with Gasteiger partial charge in [-0.3, -0.25) is 0 Å². The van der Waals surface area contributed by atoms with E-state index in [-0.39, 0.29) is 0 Å². The van der Waals surface area contributed by atoms with E-state index in [2.05, 4.69) is 13.8 Å². The Kier molecular flexibility index (Phi) is 8.42. The lowest BCUT2D eigenvalue weighted by atomic mass is 9.70. The van der Waals surface area contributed by atoms with Crippen molar-refractivity contribution in [1.29, 1.82) is 0 Å². The fraction of sp³-hybridized carbons (Fsp3) is 1.00. The number of ether oxygens (including phenoxy) is 2. The van der Waals surface area contributed by atoms with E-state index in [1.165, 1.54) is 51.4 Å². The van der Waals surface area contributed by atoms with Crippen LogP contribution < -0.4 is 0 Å². The zero-order chi connectivity index (χ0) is 16.6. The molecule has 0 bridgehead atoms. The molecule has 2 heteroatoms. The first kappa shape index (κ1) is 20.0. The lowest BCUT2D eigenvalue weighted by molar-refractivity contribution is -0.0856. The third kappa shape index (κ3) is 4.96. The highest BCUT2D eigenvalue weighted by atomic mass is 16.5. The molecule has 0 aromatic rings. The Morgan fingerprint density at radius 2 is 0.955 bits per heavy atom. The standard InChI is InChI=1S/2C8H14O.2C2H6/c2*1-7-5-8(6-7)3-2-4-9-8;2*1-2/h2*7H,2-6H2,1H3;2*1-2H3. The largest absolute Gasteiger partial charge is 0.375 e. The average molecular weight is 313 g/mol. The van der Waals surface area contributed by atoms with E-state index >= 15 is 0 Å². The Bertz CT molecular complexity index is 242. The molecule has 4 rings (SSSR count). The molecule has 2 saturated carbocycles. The Balaban J connectivity index is 0.000000180. The Hall–Kier alpha value is -0.0800. The van der Waals surface area contributed by atoms with Gasteiger partial charge >= 0.3 is 0 Å². The van der Waals surface area contributed by atoms with Gasteiger partial charge in [0.2, 0.25) is 0 Å². The molecule has 2 aliphatic heterocycles. The molecule has 0 atom stereocenters. The van der Waals surface area contributed by atoms with Crippen molar-refractivity contribution < 1.29 is 9.47 Å². The van der Waals surface area contributed by atoms with Crippen LogP contribution >= 0.6 is 0 Å².